The zero-order valence-corrected chi connectivity index (χ0v) is 24.9. The zero-order chi connectivity index (χ0) is 25.1. The maximum Gasteiger partial charge on any atom is -0.0146 e. The normalized spacial score (nSPS) is 26.2. The van der Waals surface area contributed by atoms with E-state index in [9.17, 15) is 0 Å². The number of fused-ring (bicyclic) bond motifs is 1. The monoisotopic (exact) mass is 458 g/mol. The van der Waals surface area contributed by atoms with Crippen LogP contribution in [0.15, 0.2) is 11.6 Å². The molecule has 33 heavy (non-hydrogen) atoms. The average Bonchev–Trinajstić information content (AvgIpc) is 2.76. The van der Waals surface area contributed by atoms with Crippen LogP contribution in [-0.4, -0.2) is 0 Å². The molecule has 3 aliphatic rings. The predicted molar refractivity (Wildman–Crippen MR) is 150 cm³/mol. The van der Waals surface area contributed by atoms with Crippen LogP contribution in [0, 0.1) is 38.9 Å². The van der Waals surface area contributed by atoms with E-state index in [1.54, 1.807) is 0 Å². The Morgan fingerprint density at radius 3 is 1.91 bits per heavy atom. The zero-order valence-electron chi connectivity index (χ0n) is 24.9. The summed E-state index contributed by atoms with van der Waals surface area (Å²) in [5.41, 5.74) is 3.86. The second-order valence-electron chi connectivity index (χ2n) is 14.5. The Labute approximate surface area is 210 Å². The molecule has 0 aliphatic heterocycles. The third-order valence-corrected chi connectivity index (χ3v) is 12.2. The Hall–Kier alpha value is -0.260. The van der Waals surface area contributed by atoms with Crippen molar-refractivity contribution in [2.75, 3.05) is 0 Å². The number of hydrogen-bond donors (Lipinski definition) is 0. The minimum atomic E-state index is 0.363. The lowest BCUT2D eigenvalue weighted by atomic mass is 9.42. The predicted octanol–water partition coefficient (Wildman–Crippen LogP) is 11.4. The summed E-state index contributed by atoms with van der Waals surface area (Å²) in [6.45, 7) is 28.0. The Bertz CT molecular complexity index is 647. The maximum atomic E-state index is 2.69. The first-order valence-electron chi connectivity index (χ1n) is 14.9. The SMILES string of the molecule is CCCCC(C)(C(C)(C)CCCCCC1=CCC2CC1C2(C)C)C(C)(CCC)C(C)(C)CC. The second kappa shape index (κ2) is 10.8. The summed E-state index contributed by atoms with van der Waals surface area (Å²) in [6.07, 6.45) is 20.4. The molecule has 0 aromatic heterocycles. The highest BCUT2D eigenvalue weighted by atomic mass is 14.6. The first-order chi connectivity index (χ1) is 15.2. The van der Waals surface area contributed by atoms with Crippen LogP contribution in [0.2, 0.25) is 0 Å². The van der Waals surface area contributed by atoms with Gasteiger partial charge in [0.2, 0.25) is 0 Å². The van der Waals surface area contributed by atoms with Crippen molar-refractivity contribution in [1.82, 2.24) is 0 Å². The van der Waals surface area contributed by atoms with Gasteiger partial charge in [-0.05, 0) is 83.9 Å². The van der Waals surface area contributed by atoms with Crippen molar-refractivity contribution < 1.29 is 0 Å². The summed E-state index contributed by atoms with van der Waals surface area (Å²) in [7, 11) is 0. The summed E-state index contributed by atoms with van der Waals surface area (Å²) in [5, 5.41) is 0. The molecule has 2 bridgehead atoms. The van der Waals surface area contributed by atoms with Crippen LogP contribution in [0.4, 0.5) is 0 Å². The van der Waals surface area contributed by atoms with Crippen molar-refractivity contribution in [3.8, 4) is 0 Å². The van der Waals surface area contributed by atoms with Gasteiger partial charge in [-0.3, -0.25) is 0 Å². The van der Waals surface area contributed by atoms with Gasteiger partial charge >= 0.3 is 0 Å². The third kappa shape index (κ3) is 5.31. The van der Waals surface area contributed by atoms with Crippen LogP contribution >= 0.6 is 0 Å². The van der Waals surface area contributed by atoms with Gasteiger partial charge < -0.3 is 0 Å². The molecule has 4 unspecified atom stereocenters. The van der Waals surface area contributed by atoms with Gasteiger partial charge in [0.1, 0.15) is 0 Å². The summed E-state index contributed by atoms with van der Waals surface area (Å²) < 4.78 is 0. The molecule has 0 saturated heterocycles. The van der Waals surface area contributed by atoms with Crippen molar-refractivity contribution >= 4 is 0 Å². The quantitative estimate of drug-likeness (QED) is 0.169. The van der Waals surface area contributed by atoms with E-state index in [2.05, 4.69) is 82.2 Å². The summed E-state index contributed by atoms with van der Waals surface area (Å²) >= 11 is 0. The van der Waals surface area contributed by atoms with Crippen molar-refractivity contribution in [3.63, 3.8) is 0 Å². The van der Waals surface area contributed by atoms with Gasteiger partial charge in [0, 0.05) is 0 Å². The van der Waals surface area contributed by atoms with Crippen LogP contribution in [0.1, 0.15) is 160 Å². The number of unbranched alkanes of at least 4 members (excludes halogenated alkanes) is 3. The van der Waals surface area contributed by atoms with Crippen LogP contribution in [-0.2, 0) is 0 Å². The van der Waals surface area contributed by atoms with Crippen molar-refractivity contribution in [3.05, 3.63) is 11.6 Å². The minimum Gasteiger partial charge on any atom is -0.0847 e. The minimum absolute atomic E-state index is 0.363. The Balaban J connectivity index is 2.05. The molecule has 0 spiro atoms. The molecule has 1 fully saturated rings. The molecule has 0 N–H and O–H groups in total. The Kier molecular flexibility index (Phi) is 9.47. The van der Waals surface area contributed by atoms with Crippen LogP contribution in [0.3, 0.4) is 0 Å². The molecule has 194 valence electrons. The van der Waals surface area contributed by atoms with E-state index in [4.69, 9.17) is 0 Å². The largest absolute Gasteiger partial charge is 0.0847 e. The third-order valence-electron chi connectivity index (χ3n) is 12.2. The summed E-state index contributed by atoms with van der Waals surface area (Å²) in [4.78, 5) is 0. The number of allylic oxidation sites excluding steroid dienone is 2. The molecule has 0 heterocycles. The first-order valence-corrected chi connectivity index (χ1v) is 14.9. The van der Waals surface area contributed by atoms with Gasteiger partial charge in [-0.25, -0.2) is 0 Å². The van der Waals surface area contributed by atoms with Gasteiger partial charge in [-0.1, -0.05) is 126 Å². The first kappa shape index (κ1) is 29.0. The van der Waals surface area contributed by atoms with E-state index in [-0.39, 0.29) is 0 Å². The fraction of sp³-hybridized carbons (Fsp3) is 0.939. The Morgan fingerprint density at radius 1 is 0.758 bits per heavy atom. The molecule has 0 amide bonds. The molecule has 3 rings (SSSR count). The highest BCUT2D eigenvalue weighted by Crippen LogP contribution is 2.65. The molecule has 0 aromatic carbocycles. The van der Waals surface area contributed by atoms with Crippen molar-refractivity contribution in [2.45, 2.75) is 160 Å². The van der Waals surface area contributed by atoms with Crippen LogP contribution in [0.25, 0.3) is 0 Å². The molecule has 3 aliphatic carbocycles. The van der Waals surface area contributed by atoms with Gasteiger partial charge in [-0.2, -0.15) is 0 Å². The highest BCUT2D eigenvalue weighted by molar-refractivity contribution is 5.23. The molecule has 0 nitrogen and oxygen atoms in total. The van der Waals surface area contributed by atoms with Gasteiger partial charge in [0.15, 0.2) is 0 Å². The van der Waals surface area contributed by atoms with E-state index >= 15 is 0 Å². The molecule has 1 saturated carbocycles. The van der Waals surface area contributed by atoms with Gasteiger partial charge in [0.05, 0.1) is 0 Å². The fourth-order valence-electron chi connectivity index (χ4n) is 8.25. The van der Waals surface area contributed by atoms with E-state index < -0.39 is 0 Å². The fourth-order valence-corrected chi connectivity index (χ4v) is 8.25. The van der Waals surface area contributed by atoms with Crippen LogP contribution in [0.5, 0.6) is 0 Å². The lowest BCUT2D eigenvalue weighted by molar-refractivity contribution is -0.135. The van der Waals surface area contributed by atoms with E-state index in [0.717, 1.165) is 11.8 Å². The average molecular weight is 459 g/mol. The molecule has 0 aromatic rings. The number of hydrogen-bond acceptors (Lipinski definition) is 0. The lowest BCUT2D eigenvalue weighted by Gasteiger charge is -2.62. The van der Waals surface area contributed by atoms with E-state index in [1.165, 1.54) is 83.5 Å². The topological polar surface area (TPSA) is 0 Å². The number of rotatable bonds is 15. The smallest absolute Gasteiger partial charge is 0.0146 e. The second-order valence-corrected chi connectivity index (χ2v) is 14.5. The maximum absolute atomic E-state index is 2.69. The lowest BCUT2D eigenvalue weighted by Crippen LogP contribution is -2.55. The van der Waals surface area contributed by atoms with Crippen molar-refractivity contribution in [2.24, 2.45) is 38.9 Å². The molecular formula is C33H62. The molecular weight excluding hydrogens is 396 g/mol. The summed E-state index contributed by atoms with van der Waals surface area (Å²) in [6, 6.07) is 0. The molecule has 4 atom stereocenters. The van der Waals surface area contributed by atoms with Crippen molar-refractivity contribution in [1.29, 1.82) is 0 Å². The van der Waals surface area contributed by atoms with Gasteiger partial charge in [0.25, 0.3) is 0 Å². The van der Waals surface area contributed by atoms with E-state index in [1.807, 2.05) is 5.57 Å². The van der Waals surface area contributed by atoms with E-state index in [0.29, 0.717) is 27.1 Å². The molecule has 0 heteroatoms. The highest BCUT2D eigenvalue weighted by Gasteiger charge is 2.57. The van der Waals surface area contributed by atoms with Crippen LogP contribution < -0.4 is 0 Å². The Morgan fingerprint density at radius 2 is 1.39 bits per heavy atom. The standard InChI is InChI=1S/C33H62/c1-12-15-24-33(11,32(10,22-13-2)29(4,5)14-3)30(6,7)23-18-16-17-19-26-20-21-27-25-28(26)31(27,8)9/h20,27-28H,12-19,21-25H2,1-11H3. The van der Waals surface area contributed by atoms with Gasteiger partial charge in [-0.15, -0.1) is 0 Å². The molecule has 0 radical (unpaired) electrons. The summed E-state index contributed by atoms with van der Waals surface area (Å²) in [5.74, 6) is 1.87.